The molecule has 14 heavy (non-hydrogen) atoms. The third-order valence-corrected chi connectivity index (χ3v) is 2.92. The molecule has 3 heteroatoms. The predicted octanol–water partition coefficient (Wildman–Crippen LogP) is 1.65. The van der Waals surface area contributed by atoms with E-state index in [-0.39, 0.29) is 5.92 Å². The summed E-state index contributed by atoms with van der Waals surface area (Å²) in [6, 6.07) is 6.34. The predicted molar refractivity (Wildman–Crippen MR) is 52.5 cm³/mol. The summed E-state index contributed by atoms with van der Waals surface area (Å²) in [6.07, 6.45) is 0.943. The molecule has 0 saturated heterocycles. The molecule has 0 spiro atoms. The number of anilines is 1. The second kappa shape index (κ2) is 2.65. The molecular weight excluding hydrogens is 176 g/mol. The Morgan fingerprint density at radius 3 is 3.29 bits per heavy atom. The Hall–Kier alpha value is -1.69. The topological polar surface area (TPSA) is 45.0 Å². The summed E-state index contributed by atoms with van der Waals surface area (Å²) in [6.45, 7) is 1.49. The van der Waals surface area contributed by atoms with E-state index in [1.165, 1.54) is 11.1 Å². The van der Waals surface area contributed by atoms with Crippen molar-refractivity contribution in [1.82, 2.24) is 0 Å². The van der Waals surface area contributed by atoms with Gasteiger partial charge in [0, 0.05) is 29.8 Å². The number of nitrogens with one attached hydrogen (secondary N) is 1. The van der Waals surface area contributed by atoms with Crippen molar-refractivity contribution < 1.29 is 4.74 Å². The van der Waals surface area contributed by atoms with Crippen LogP contribution in [0.1, 0.15) is 17.0 Å². The van der Waals surface area contributed by atoms with Crippen molar-refractivity contribution in [2.45, 2.75) is 12.3 Å². The molecule has 2 aliphatic rings. The maximum Gasteiger partial charge on any atom is 0.123 e. The summed E-state index contributed by atoms with van der Waals surface area (Å²) >= 11 is 0. The zero-order chi connectivity index (χ0) is 9.54. The summed E-state index contributed by atoms with van der Waals surface area (Å²) in [7, 11) is 0. The Labute approximate surface area is 82.3 Å². The van der Waals surface area contributed by atoms with Gasteiger partial charge in [-0.15, -0.1) is 0 Å². The van der Waals surface area contributed by atoms with E-state index in [2.05, 4.69) is 11.4 Å². The SMILES string of the molecule is N#CC1CNc2ccc3c(c21)CCO3. The molecule has 0 fully saturated rings. The number of fused-ring (bicyclic) bond motifs is 3. The summed E-state index contributed by atoms with van der Waals surface area (Å²) < 4.78 is 5.48. The Bertz CT molecular complexity index is 434. The largest absolute Gasteiger partial charge is 0.493 e. The number of nitrogens with zero attached hydrogens (tertiary/aromatic N) is 1. The van der Waals surface area contributed by atoms with Gasteiger partial charge in [-0.05, 0) is 12.1 Å². The summed E-state index contributed by atoms with van der Waals surface area (Å²) in [4.78, 5) is 0. The number of rotatable bonds is 0. The highest BCUT2D eigenvalue weighted by atomic mass is 16.5. The molecular formula is C11H10N2O. The monoisotopic (exact) mass is 186 g/mol. The minimum Gasteiger partial charge on any atom is -0.493 e. The number of hydrogen-bond donors (Lipinski definition) is 1. The number of nitriles is 1. The second-order valence-electron chi connectivity index (χ2n) is 3.66. The minimum absolute atomic E-state index is 0.00153. The summed E-state index contributed by atoms with van der Waals surface area (Å²) in [5.74, 6) is 0.967. The minimum atomic E-state index is 0.00153. The lowest BCUT2D eigenvalue weighted by Crippen LogP contribution is -1.99. The van der Waals surface area contributed by atoms with Gasteiger partial charge < -0.3 is 10.1 Å². The Kier molecular flexibility index (Phi) is 1.45. The third-order valence-electron chi connectivity index (χ3n) is 2.92. The van der Waals surface area contributed by atoms with Gasteiger partial charge in [0.05, 0.1) is 18.6 Å². The fraction of sp³-hybridized carbons (Fsp3) is 0.364. The fourth-order valence-electron chi connectivity index (χ4n) is 2.28. The standard InChI is InChI=1S/C11H10N2O/c12-5-7-6-13-9-1-2-10-8(11(7)9)3-4-14-10/h1-2,7,13H,3-4,6H2. The van der Waals surface area contributed by atoms with Crippen LogP contribution >= 0.6 is 0 Å². The van der Waals surface area contributed by atoms with Crippen LogP contribution in [0.15, 0.2) is 12.1 Å². The molecule has 1 aromatic rings. The molecule has 0 amide bonds. The van der Waals surface area contributed by atoms with Crippen LogP contribution in [0.2, 0.25) is 0 Å². The van der Waals surface area contributed by atoms with Gasteiger partial charge in [-0.3, -0.25) is 0 Å². The highest BCUT2D eigenvalue weighted by Crippen LogP contribution is 2.40. The van der Waals surface area contributed by atoms with Crippen molar-refractivity contribution in [2.75, 3.05) is 18.5 Å². The average Bonchev–Trinajstić information content (AvgIpc) is 2.82. The van der Waals surface area contributed by atoms with Gasteiger partial charge in [0.1, 0.15) is 5.75 Å². The highest BCUT2D eigenvalue weighted by molar-refractivity contribution is 5.66. The Morgan fingerprint density at radius 2 is 2.43 bits per heavy atom. The lowest BCUT2D eigenvalue weighted by molar-refractivity contribution is 0.357. The zero-order valence-corrected chi connectivity index (χ0v) is 7.71. The van der Waals surface area contributed by atoms with Gasteiger partial charge in [0.15, 0.2) is 0 Å². The lowest BCUT2D eigenvalue weighted by atomic mass is 9.95. The molecule has 0 aliphatic carbocycles. The molecule has 0 radical (unpaired) electrons. The first-order chi connectivity index (χ1) is 6.90. The van der Waals surface area contributed by atoms with Crippen LogP contribution in [0.5, 0.6) is 5.75 Å². The first-order valence-electron chi connectivity index (χ1n) is 4.82. The Morgan fingerprint density at radius 1 is 1.50 bits per heavy atom. The molecule has 1 aromatic carbocycles. The fourth-order valence-corrected chi connectivity index (χ4v) is 2.28. The van der Waals surface area contributed by atoms with Gasteiger partial charge >= 0.3 is 0 Å². The van der Waals surface area contributed by atoms with Crippen LogP contribution in [-0.4, -0.2) is 13.2 Å². The van der Waals surface area contributed by atoms with Crippen molar-refractivity contribution in [3.8, 4) is 11.8 Å². The molecule has 1 unspecified atom stereocenters. The molecule has 1 atom stereocenters. The lowest BCUT2D eigenvalue weighted by Gasteiger charge is -2.06. The van der Waals surface area contributed by atoms with E-state index < -0.39 is 0 Å². The summed E-state index contributed by atoms with van der Waals surface area (Å²) in [5, 5.41) is 12.3. The van der Waals surface area contributed by atoms with Gasteiger partial charge in [0.25, 0.3) is 0 Å². The van der Waals surface area contributed by atoms with E-state index in [1.54, 1.807) is 0 Å². The number of benzene rings is 1. The molecule has 0 bridgehead atoms. The molecule has 70 valence electrons. The molecule has 2 heterocycles. The maximum absolute atomic E-state index is 9.01. The average molecular weight is 186 g/mol. The van der Waals surface area contributed by atoms with Gasteiger partial charge in [0.2, 0.25) is 0 Å². The van der Waals surface area contributed by atoms with E-state index in [0.717, 1.165) is 31.0 Å². The molecule has 3 nitrogen and oxygen atoms in total. The van der Waals surface area contributed by atoms with Crippen molar-refractivity contribution in [3.63, 3.8) is 0 Å². The van der Waals surface area contributed by atoms with Crippen LogP contribution in [0, 0.1) is 11.3 Å². The number of hydrogen-bond acceptors (Lipinski definition) is 3. The van der Waals surface area contributed by atoms with Crippen LogP contribution in [0.3, 0.4) is 0 Å². The number of ether oxygens (including phenoxy) is 1. The van der Waals surface area contributed by atoms with Crippen molar-refractivity contribution in [2.24, 2.45) is 0 Å². The van der Waals surface area contributed by atoms with E-state index in [9.17, 15) is 0 Å². The van der Waals surface area contributed by atoms with Gasteiger partial charge in [-0.2, -0.15) is 5.26 Å². The van der Waals surface area contributed by atoms with Crippen molar-refractivity contribution in [1.29, 1.82) is 5.26 Å². The smallest absolute Gasteiger partial charge is 0.123 e. The molecule has 2 aliphatic heterocycles. The van der Waals surface area contributed by atoms with E-state index in [0.29, 0.717) is 0 Å². The summed E-state index contributed by atoms with van der Waals surface area (Å²) in [5.41, 5.74) is 3.52. The van der Waals surface area contributed by atoms with E-state index in [1.807, 2.05) is 12.1 Å². The van der Waals surface area contributed by atoms with E-state index in [4.69, 9.17) is 10.00 Å². The van der Waals surface area contributed by atoms with E-state index >= 15 is 0 Å². The molecule has 0 aromatic heterocycles. The van der Waals surface area contributed by atoms with Crippen LogP contribution in [0.25, 0.3) is 0 Å². The molecule has 3 rings (SSSR count). The zero-order valence-electron chi connectivity index (χ0n) is 7.71. The first kappa shape index (κ1) is 7.69. The molecule has 1 N–H and O–H groups in total. The van der Waals surface area contributed by atoms with Crippen molar-refractivity contribution >= 4 is 5.69 Å². The quantitative estimate of drug-likeness (QED) is 0.670. The van der Waals surface area contributed by atoms with Crippen LogP contribution < -0.4 is 10.1 Å². The second-order valence-corrected chi connectivity index (χ2v) is 3.66. The molecule has 0 saturated carbocycles. The highest BCUT2D eigenvalue weighted by Gasteiger charge is 2.29. The van der Waals surface area contributed by atoms with Crippen LogP contribution in [0.4, 0.5) is 5.69 Å². The van der Waals surface area contributed by atoms with Gasteiger partial charge in [-0.1, -0.05) is 0 Å². The van der Waals surface area contributed by atoms with Gasteiger partial charge in [-0.25, -0.2) is 0 Å². The maximum atomic E-state index is 9.01. The van der Waals surface area contributed by atoms with Crippen LogP contribution in [-0.2, 0) is 6.42 Å². The Balaban J connectivity index is 2.22. The third kappa shape index (κ3) is 0.856. The van der Waals surface area contributed by atoms with Crippen molar-refractivity contribution in [3.05, 3.63) is 23.3 Å². The normalized spacial score (nSPS) is 21.8. The first-order valence-corrected chi connectivity index (χ1v) is 4.82.